The fourth-order valence-corrected chi connectivity index (χ4v) is 1.38. The molecule has 0 aliphatic rings. The molecule has 0 aromatic rings. The third-order valence-corrected chi connectivity index (χ3v) is 2.51. The molecule has 0 radical (unpaired) electrons. The first-order chi connectivity index (χ1) is 14.3. The maximum absolute atomic E-state index is 11.4. The van der Waals surface area contributed by atoms with Crippen molar-refractivity contribution in [1.82, 2.24) is 0 Å². The molecule has 0 spiro atoms. The first kappa shape index (κ1) is 34.5. The van der Waals surface area contributed by atoms with E-state index in [9.17, 15) is 23.9 Å². The van der Waals surface area contributed by atoms with Crippen molar-refractivity contribution >= 4 is 19.8 Å². The van der Waals surface area contributed by atoms with Crippen LogP contribution < -0.4 is 68.9 Å². The molecule has 0 rings (SSSR count). The summed E-state index contributed by atoms with van der Waals surface area (Å²) in [5, 5.41) is 0. The zero-order chi connectivity index (χ0) is 22.7. The van der Waals surface area contributed by atoms with Crippen molar-refractivity contribution in [3.8, 4) is 83.4 Å². The van der Waals surface area contributed by atoms with E-state index in [1.165, 1.54) is 0 Å². The summed E-state index contributed by atoms with van der Waals surface area (Å²) in [6.07, 6.45) is 3.38. The Labute approximate surface area is 229 Å². The minimum absolute atomic E-state index is 0. The summed E-state index contributed by atoms with van der Waals surface area (Å²) in [4.78, 5) is 52.7. The molecule has 0 saturated heterocycles. The molecule has 0 unspecified atom stereocenters. The molecule has 0 fully saturated rings. The van der Waals surface area contributed by atoms with Crippen LogP contribution in [0.2, 0.25) is 0 Å². The van der Waals surface area contributed by atoms with Crippen molar-refractivity contribution in [2.24, 2.45) is 0 Å². The Morgan fingerprint density at radius 3 is 1.97 bits per heavy atom. The van der Waals surface area contributed by atoms with Gasteiger partial charge in [-0.3, -0.25) is 4.89 Å². The number of esters is 1. The molecule has 0 aliphatic carbocycles. The van der Waals surface area contributed by atoms with Gasteiger partial charge in [-0.1, -0.05) is 5.92 Å². The van der Waals surface area contributed by atoms with Crippen LogP contribution in [-0.4, -0.2) is 31.3 Å². The van der Waals surface area contributed by atoms with Gasteiger partial charge in [-0.05, 0) is 66.1 Å². The second-order valence-electron chi connectivity index (χ2n) is 4.20. The summed E-state index contributed by atoms with van der Waals surface area (Å²) < 4.78 is 19.2. The van der Waals surface area contributed by atoms with Gasteiger partial charge in [0.05, 0.1) is 14.4 Å². The van der Waals surface area contributed by atoms with Gasteiger partial charge in [0, 0.05) is 11.8 Å². The predicted octanol–water partition coefficient (Wildman–Crippen LogP) is -8.10. The summed E-state index contributed by atoms with van der Waals surface area (Å²) in [6.45, 7) is -0.0418. The Kier molecular flexibility index (Phi) is 23.9. The van der Waals surface area contributed by atoms with Gasteiger partial charge in [0.25, 0.3) is 0 Å². The van der Waals surface area contributed by atoms with Crippen LogP contribution in [0.4, 0.5) is 0 Å². The summed E-state index contributed by atoms with van der Waals surface area (Å²) in [6, 6.07) is 0. The van der Waals surface area contributed by atoms with Crippen molar-refractivity contribution in [3.05, 3.63) is 0 Å². The zero-order valence-corrected chi connectivity index (χ0v) is 22.1. The summed E-state index contributed by atoms with van der Waals surface area (Å²) >= 11 is 0. The normalized spacial score (nSPS) is 8.44. The summed E-state index contributed by atoms with van der Waals surface area (Å²) in [5.74, 6) is 26.1. The van der Waals surface area contributed by atoms with Crippen LogP contribution in [-0.2, 0) is 33.2 Å². The molecule has 9 nitrogen and oxygen atoms in total. The van der Waals surface area contributed by atoms with Gasteiger partial charge in [0.15, 0.2) is 6.10 Å². The topological polar surface area (TPSA) is 134 Å². The SMILES string of the molecule is C#CC#CC#CC#CC(=O)OO[C@H](COC(=O)C#CC#CC#CC)COP(=O)([O-])[O-].[Na+].[Na+]. The van der Waals surface area contributed by atoms with E-state index in [0.717, 1.165) is 0 Å². The van der Waals surface area contributed by atoms with Crippen LogP contribution in [0.5, 0.6) is 0 Å². The van der Waals surface area contributed by atoms with Crippen LogP contribution in [0.15, 0.2) is 0 Å². The molecule has 0 saturated carbocycles. The fourth-order valence-electron chi connectivity index (χ4n) is 1.03. The molecule has 0 N–H and O–H groups in total. The van der Waals surface area contributed by atoms with Gasteiger partial charge < -0.3 is 23.6 Å². The largest absolute Gasteiger partial charge is 1.00 e. The number of carbonyl (C=O) groups excluding carboxylic acids is 2. The van der Waals surface area contributed by atoms with Crippen LogP contribution in [0.1, 0.15) is 6.92 Å². The number of terminal acetylenes is 1. The van der Waals surface area contributed by atoms with Crippen molar-refractivity contribution in [1.29, 1.82) is 0 Å². The van der Waals surface area contributed by atoms with E-state index in [-0.39, 0.29) is 59.1 Å². The molecule has 0 aromatic carbocycles. The van der Waals surface area contributed by atoms with Crippen molar-refractivity contribution < 1.29 is 102 Å². The number of phosphoric ester groups is 1. The van der Waals surface area contributed by atoms with E-state index >= 15 is 0 Å². The van der Waals surface area contributed by atoms with Gasteiger partial charge in [0.1, 0.15) is 6.61 Å². The monoisotopic (exact) mass is 470 g/mol. The molecule has 1 atom stereocenters. The Morgan fingerprint density at radius 2 is 1.41 bits per heavy atom. The number of hydrogen-bond acceptors (Lipinski definition) is 9. The number of hydrogen-bond donors (Lipinski definition) is 0. The van der Waals surface area contributed by atoms with Crippen LogP contribution in [0.25, 0.3) is 0 Å². The van der Waals surface area contributed by atoms with E-state index in [4.69, 9.17) is 6.42 Å². The van der Waals surface area contributed by atoms with Crippen LogP contribution >= 0.6 is 7.82 Å². The Hall–Kier alpha value is -2.07. The third kappa shape index (κ3) is 24.2. The zero-order valence-electron chi connectivity index (χ0n) is 17.2. The van der Waals surface area contributed by atoms with Gasteiger partial charge in [-0.2, -0.15) is 4.89 Å². The number of ether oxygens (including phenoxy) is 1. The maximum Gasteiger partial charge on any atom is 1.00 e. The Morgan fingerprint density at radius 1 is 0.875 bits per heavy atom. The Bertz CT molecular complexity index is 1110. The standard InChI is InChI=1S/C20H11O9P.2Na/c1-3-5-7-9-11-13-15-20(22)29-28-18(17-27-30(23,24)25)16-26-19(21)14-12-10-8-6-4-2;;/h1,18H,16-17H2,2H3,(H2,23,24,25);;/q;2*+1/p-2/t18-;;/m1../s1. The number of carbonyl (C=O) groups is 2. The minimum atomic E-state index is -5.37. The number of rotatable bonds is 7. The molecule has 0 heterocycles. The van der Waals surface area contributed by atoms with Gasteiger partial charge in [0.2, 0.25) is 0 Å². The van der Waals surface area contributed by atoms with Crippen LogP contribution in [0.3, 0.4) is 0 Å². The van der Waals surface area contributed by atoms with Gasteiger partial charge >= 0.3 is 71.1 Å². The molecular weight excluding hydrogens is 461 g/mol. The molecule has 0 aliphatic heterocycles. The molecule has 12 heteroatoms. The fraction of sp³-hybridized carbons (Fsp3) is 0.200. The van der Waals surface area contributed by atoms with Gasteiger partial charge in [-0.15, -0.1) is 6.42 Å². The van der Waals surface area contributed by atoms with Gasteiger partial charge in [-0.25, -0.2) is 9.59 Å². The predicted molar refractivity (Wildman–Crippen MR) is 96.6 cm³/mol. The maximum atomic E-state index is 11.4. The van der Waals surface area contributed by atoms with Crippen LogP contribution in [0, 0.1) is 83.4 Å². The van der Waals surface area contributed by atoms with Crippen molar-refractivity contribution in [3.63, 3.8) is 0 Å². The average Bonchev–Trinajstić information content (AvgIpc) is 2.69. The third-order valence-electron chi connectivity index (χ3n) is 2.04. The van der Waals surface area contributed by atoms with Crippen molar-refractivity contribution in [2.75, 3.05) is 13.2 Å². The molecule has 150 valence electrons. The minimum Gasteiger partial charge on any atom is -0.790 e. The second-order valence-corrected chi connectivity index (χ2v) is 5.35. The summed E-state index contributed by atoms with van der Waals surface area (Å²) in [7, 11) is -5.37. The van der Waals surface area contributed by atoms with Crippen molar-refractivity contribution in [2.45, 2.75) is 13.0 Å². The molecule has 0 amide bonds. The van der Waals surface area contributed by atoms with E-state index in [1.807, 2.05) is 17.8 Å². The average molecular weight is 470 g/mol. The number of phosphoric acid groups is 1. The van der Waals surface area contributed by atoms with E-state index < -0.39 is 39.1 Å². The van der Waals surface area contributed by atoms with E-state index in [0.29, 0.717) is 0 Å². The van der Waals surface area contributed by atoms with E-state index in [2.05, 4.69) is 78.2 Å². The molecule has 32 heavy (non-hydrogen) atoms. The second kappa shape index (κ2) is 22.1. The van der Waals surface area contributed by atoms with E-state index in [1.54, 1.807) is 6.92 Å². The summed E-state index contributed by atoms with van der Waals surface area (Å²) in [5.41, 5.74) is 0. The smallest absolute Gasteiger partial charge is 0.790 e. The Balaban J connectivity index is -0.00000420. The molecule has 0 bridgehead atoms. The molecule has 0 aromatic heterocycles. The first-order valence-electron chi connectivity index (χ1n) is 7.38. The quantitative estimate of drug-likeness (QED) is 0.0677. The first-order valence-corrected chi connectivity index (χ1v) is 8.84. The molecular formula is C20H9Na2O9P.